The summed E-state index contributed by atoms with van der Waals surface area (Å²) in [6, 6.07) is 10.00. The third-order valence-corrected chi connectivity index (χ3v) is 6.86. The van der Waals surface area contributed by atoms with E-state index in [-0.39, 0.29) is 17.4 Å². The van der Waals surface area contributed by atoms with Crippen molar-refractivity contribution in [3.63, 3.8) is 0 Å². The van der Waals surface area contributed by atoms with Gasteiger partial charge in [-0.25, -0.2) is 23.1 Å². The summed E-state index contributed by atoms with van der Waals surface area (Å²) >= 11 is 1.55. The van der Waals surface area contributed by atoms with Crippen LogP contribution in [0.5, 0.6) is 0 Å². The van der Waals surface area contributed by atoms with Crippen molar-refractivity contribution in [2.45, 2.75) is 25.8 Å². The van der Waals surface area contributed by atoms with Crippen molar-refractivity contribution in [1.82, 2.24) is 19.7 Å². The Balaban J connectivity index is 1.73. The van der Waals surface area contributed by atoms with Gasteiger partial charge in [-0.15, -0.1) is 16.4 Å². The minimum Gasteiger partial charge on any atom is -0.245 e. The fourth-order valence-electron chi connectivity index (χ4n) is 3.10. The summed E-state index contributed by atoms with van der Waals surface area (Å²) in [6.45, 7) is 2.52. The van der Waals surface area contributed by atoms with Gasteiger partial charge in [-0.05, 0) is 18.9 Å². The maximum absolute atomic E-state index is 11.9. The molecule has 0 radical (unpaired) electrons. The normalized spacial score (nSPS) is 19.3. The Morgan fingerprint density at radius 1 is 1.24 bits per heavy atom. The first-order valence-corrected chi connectivity index (χ1v) is 10.8. The van der Waals surface area contributed by atoms with Gasteiger partial charge in [0.15, 0.2) is 9.84 Å². The van der Waals surface area contributed by atoms with Gasteiger partial charge in [0.2, 0.25) is 5.82 Å². The number of rotatable bonds is 4. The van der Waals surface area contributed by atoms with E-state index in [1.807, 2.05) is 47.3 Å². The van der Waals surface area contributed by atoms with Gasteiger partial charge in [0, 0.05) is 11.3 Å². The molecule has 0 spiro atoms. The molecular weight excluding hydrogens is 356 g/mol. The van der Waals surface area contributed by atoms with E-state index in [1.165, 1.54) is 0 Å². The molecule has 3 aromatic rings. The van der Waals surface area contributed by atoms with E-state index in [0.717, 1.165) is 22.1 Å². The number of hydrogen-bond acceptors (Lipinski definition) is 6. The average Bonchev–Trinajstić information content (AvgIpc) is 3.27. The summed E-state index contributed by atoms with van der Waals surface area (Å²) in [5.74, 6) is 1.58. The van der Waals surface area contributed by atoms with Crippen LogP contribution in [0.1, 0.15) is 28.7 Å². The number of sulfone groups is 1. The van der Waals surface area contributed by atoms with Crippen LogP contribution in [0.15, 0.2) is 35.7 Å². The van der Waals surface area contributed by atoms with Gasteiger partial charge >= 0.3 is 0 Å². The number of aryl methyl sites for hydroxylation is 1. The minimum absolute atomic E-state index is 0.102. The number of nitrogens with zero attached hydrogens (tertiary/aromatic N) is 4. The molecule has 1 atom stereocenters. The zero-order chi connectivity index (χ0) is 17.4. The molecule has 1 aliphatic rings. The summed E-state index contributed by atoms with van der Waals surface area (Å²) in [7, 11) is -2.98. The van der Waals surface area contributed by atoms with Crippen LogP contribution in [0.25, 0.3) is 11.5 Å². The highest BCUT2D eigenvalue weighted by Gasteiger charge is 2.33. The molecule has 0 unspecified atom stereocenters. The van der Waals surface area contributed by atoms with Crippen molar-refractivity contribution in [1.29, 1.82) is 0 Å². The Morgan fingerprint density at radius 3 is 2.68 bits per heavy atom. The first-order chi connectivity index (χ1) is 12.0. The second kappa shape index (κ2) is 6.34. The van der Waals surface area contributed by atoms with Crippen LogP contribution in [0.4, 0.5) is 0 Å². The number of benzene rings is 1. The molecule has 130 valence electrons. The fraction of sp³-hybridized carbons (Fsp3) is 0.353. The van der Waals surface area contributed by atoms with E-state index >= 15 is 0 Å². The lowest BCUT2D eigenvalue weighted by atomic mass is 10.1. The van der Waals surface area contributed by atoms with E-state index in [9.17, 15) is 8.42 Å². The maximum atomic E-state index is 11.9. The van der Waals surface area contributed by atoms with Gasteiger partial charge < -0.3 is 0 Å². The highest BCUT2D eigenvalue weighted by Crippen LogP contribution is 2.30. The molecule has 1 saturated heterocycles. The Morgan fingerprint density at radius 2 is 2.04 bits per heavy atom. The molecule has 0 N–H and O–H groups in total. The van der Waals surface area contributed by atoms with Crippen LogP contribution in [0, 0.1) is 6.92 Å². The minimum atomic E-state index is -2.98. The lowest BCUT2D eigenvalue weighted by molar-refractivity contribution is 0.586. The number of thiazole rings is 1. The molecule has 0 saturated carbocycles. The molecule has 1 aromatic carbocycles. The van der Waals surface area contributed by atoms with Crippen molar-refractivity contribution in [2.24, 2.45) is 0 Å². The molecule has 4 rings (SSSR count). The van der Waals surface area contributed by atoms with E-state index < -0.39 is 9.84 Å². The molecule has 25 heavy (non-hydrogen) atoms. The topological polar surface area (TPSA) is 77.7 Å². The van der Waals surface area contributed by atoms with E-state index in [2.05, 4.69) is 15.1 Å². The van der Waals surface area contributed by atoms with Gasteiger partial charge in [0.25, 0.3) is 0 Å². The first-order valence-electron chi connectivity index (χ1n) is 8.12. The standard InChI is InChI=1S/C17H18N4O2S2/c1-12-18-15(10-24-12)16-19-17(14-7-8-25(22,23)11-14)21(20-16)9-13-5-3-2-4-6-13/h2-6,10,14H,7-9,11H2,1H3/t14-/m1/s1. The summed E-state index contributed by atoms with van der Waals surface area (Å²) in [6.07, 6.45) is 0.603. The fourth-order valence-corrected chi connectivity index (χ4v) is 5.43. The Bertz CT molecular complexity index is 993. The average molecular weight is 374 g/mol. The van der Waals surface area contributed by atoms with E-state index in [4.69, 9.17) is 0 Å². The molecule has 1 aliphatic heterocycles. The second-order valence-corrected chi connectivity index (χ2v) is 9.58. The van der Waals surface area contributed by atoms with Crippen molar-refractivity contribution in [3.8, 4) is 11.5 Å². The molecule has 0 amide bonds. The van der Waals surface area contributed by atoms with Crippen LogP contribution in [0.2, 0.25) is 0 Å². The molecule has 3 heterocycles. The van der Waals surface area contributed by atoms with Crippen LogP contribution in [0.3, 0.4) is 0 Å². The lowest BCUT2D eigenvalue weighted by Gasteiger charge is -2.10. The molecule has 6 nitrogen and oxygen atoms in total. The second-order valence-electron chi connectivity index (χ2n) is 6.29. The predicted octanol–water partition coefficient (Wildman–Crippen LogP) is 2.66. The smallest absolute Gasteiger partial charge is 0.200 e. The third-order valence-electron chi connectivity index (χ3n) is 4.32. The molecular formula is C17H18N4O2S2. The Hall–Kier alpha value is -2.06. The van der Waals surface area contributed by atoms with E-state index in [0.29, 0.717) is 18.8 Å². The molecule has 8 heteroatoms. The van der Waals surface area contributed by atoms with Gasteiger partial charge in [-0.1, -0.05) is 30.3 Å². The molecule has 2 aromatic heterocycles. The van der Waals surface area contributed by atoms with Crippen LogP contribution >= 0.6 is 11.3 Å². The zero-order valence-corrected chi connectivity index (χ0v) is 15.4. The molecule has 0 bridgehead atoms. The number of aromatic nitrogens is 4. The Kier molecular flexibility index (Phi) is 4.16. The van der Waals surface area contributed by atoms with Crippen LogP contribution in [-0.4, -0.2) is 39.7 Å². The monoisotopic (exact) mass is 374 g/mol. The SMILES string of the molecule is Cc1nc(-c2nc([C@@H]3CCS(=O)(=O)C3)n(Cc3ccccc3)n2)cs1. The van der Waals surface area contributed by atoms with Crippen LogP contribution < -0.4 is 0 Å². The van der Waals surface area contributed by atoms with Gasteiger partial charge in [0.1, 0.15) is 11.5 Å². The van der Waals surface area contributed by atoms with Crippen molar-refractivity contribution in [3.05, 3.63) is 52.1 Å². The zero-order valence-electron chi connectivity index (χ0n) is 13.8. The highest BCUT2D eigenvalue weighted by atomic mass is 32.2. The maximum Gasteiger partial charge on any atom is 0.200 e. The molecule has 0 aliphatic carbocycles. The summed E-state index contributed by atoms with van der Waals surface area (Å²) in [4.78, 5) is 9.13. The van der Waals surface area contributed by atoms with Crippen LogP contribution in [-0.2, 0) is 16.4 Å². The number of hydrogen-bond donors (Lipinski definition) is 0. The third kappa shape index (κ3) is 3.50. The summed E-state index contributed by atoms with van der Waals surface area (Å²) < 4.78 is 25.6. The quantitative estimate of drug-likeness (QED) is 0.702. The predicted molar refractivity (Wildman–Crippen MR) is 97.4 cm³/mol. The lowest BCUT2D eigenvalue weighted by Crippen LogP contribution is -2.12. The molecule has 1 fully saturated rings. The van der Waals surface area contributed by atoms with Crippen molar-refractivity contribution in [2.75, 3.05) is 11.5 Å². The first kappa shape index (κ1) is 16.4. The van der Waals surface area contributed by atoms with Crippen molar-refractivity contribution < 1.29 is 8.42 Å². The largest absolute Gasteiger partial charge is 0.245 e. The van der Waals surface area contributed by atoms with Gasteiger partial charge in [0.05, 0.1) is 23.1 Å². The Labute approximate surface area is 150 Å². The highest BCUT2D eigenvalue weighted by molar-refractivity contribution is 7.91. The van der Waals surface area contributed by atoms with Crippen molar-refractivity contribution >= 4 is 21.2 Å². The van der Waals surface area contributed by atoms with Gasteiger partial charge in [-0.2, -0.15) is 0 Å². The summed E-state index contributed by atoms with van der Waals surface area (Å²) in [5.41, 5.74) is 1.85. The van der Waals surface area contributed by atoms with E-state index in [1.54, 1.807) is 11.3 Å². The summed E-state index contributed by atoms with van der Waals surface area (Å²) in [5, 5.41) is 7.53. The van der Waals surface area contributed by atoms with Gasteiger partial charge in [-0.3, -0.25) is 0 Å².